The highest BCUT2D eigenvalue weighted by molar-refractivity contribution is 9.10. The van der Waals surface area contributed by atoms with Gasteiger partial charge in [0, 0.05) is 4.47 Å². The van der Waals surface area contributed by atoms with Gasteiger partial charge < -0.3 is 9.84 Å². The third-order valence-electron chi connectivity index (χ3n) is 2.71. The molecule has 5 heteroatoms. The molecule has 0 heterocycles. The fourth-order valence-electron chi connectivity index (χ4n) is 1.69. The van der Waals surface area contributed by atoms with Gasteiger partial charge in [0.2, 0.25) is 0 Å². The number of hydrogen-bond donors (Lipinski definition) is 1. The third kappa shape index (κ3) is 3.16. The van der Waals surface area contributed by atoms with Crippen LogP contribution in [-0.4, -0.2) is 5.11 Å². The van der Waals surface area contributed by atoms with Gasteiger partial charge in [-0.1, -0.05) is 22.0 Å². The number of rotatable bonds is 3. The Morgan fingerprint density at radius 1 is 1.30 bits per heavy atom. The van der Waals surface area contributed by atoms with Crippen molar-refractivity contribution in [3.05, 3.63) is 57.8 Å². The van der Waals surface area contributed by atoms with Crippen LogP contribution >= 0.6 is 15.9 Å². The van der Waals surface area contributed by atoms with Crippen molar-refractivity contribution in [1.29, 1.82) is 5.26 Å². The smallest absolute Gasteiger partial charge is 0.167 e. The fourth-order valence-corrected chi connectivity index (χ4v) is 2.38. The number of hydrogen-bond acceptors (Lipinski definition) is 3. The van der Waals surface area contributed by atoms with Crippen LogP contribution in [0.1, 0.15) is 24.2 Å². The molecule has 0 radical (unpaired) electrons. The maximum absolute atomic E-state index is 13.7. The molecule has 0 amide bonds. The van der Waals surface area contributed by atoms with E-state index < -0.39 is 11.9 Å². The van der Waals surface area contributed by atoms with E-state index in [-0.39, 0.29) is 11.3 Å². The third-order valence-corrected chi connectivity index (χ3v) is 3.40. The summed E-state index contributed by atoms with van der Waals surface area (Å²) in [6, 6.07) is 10.9. The van der Waals surface area contributed by atoms with E-state index in [1.807, 2.05) is 6.07 Å². The average molecular weight is 336 g/mol. The van der Waals surface area contributed by atoms with E-state index >= 15 is 0 Å². The Balaban J connectivity index is 2.27. The van der Waals surface area contributed by atoms with E-state index in [1.54, 1.807) is 25.1 Å². The molecule has 0 spiro atoms. The average Bonchev–Trinajstić information content (AvgIpc) is 2.40. The summed E-state index contributed by atoms with van der Waals surface area (Å²) >= 11 is 3.33. The molecule has 0 aliphatic rings. The van der Waals surface area contributed by atoms with Gasteiger partial charge in [0.05, 0.1) is 17.7 Å². The molecule has 2 rings (SSSR count). The van der Waals surface area contributed by atoms with E-state index in [0.717, 1.165) is 11.6 Å². The van der Waals surface area contributed by atoms with Gasteiger partial charge in [0.25, 0.3) is 0 Å². The summed E-state index contributed by atoms with van der Waals surface area (Å²) in [7, 11) is 0. The maximum atomic E-state index is 13.7. The van der Waals surface area contributed by atoms with E-state index in [2.05, 4.69) is 15.9 Å². The number of benzene rings is 2. The van der Waals surface area contributed by atoms with E-state index in [4.69, 9.17) is 10.00 Å². The van der Waals surface area contributed by atoms with Gasteiger partial charge in [-0.25, -0.2) is 4.39 Å². The first-order valence-electron chi connectivity index (χ1n) is 5.86. The van der Waals surface area contributed by atoms with Crippen LogP contribution < -0.4 is 4.74 Å². The van der Waals surface area contributed by atoms with E-state index in [9.17, 15) is 9.50 Å². The lowest BCUT2D eigenvalue weighted by atomic mass is 10.1. The zero-order valence-electron chi connectivity index (χ0n) is 10.6. The summed E-state index contributed by atoms with van der Waals surface area (Å²) in [6.45, 7) is 1.65. The molecule has 1 unspecified atom stereocenters. The highest BCUT2D eigenvalue weighted by Crippen LogP contribution is 2.31. The van der Waals surface area contributed by atoms with Crippen LogP contribution in [0.15, 0.2) is 40.9 Å². The van der Waals surface area contributed by atoms with Crippen molar-refractivity contribution in [1.82, 2.24) is 0 Å². The zero-order valence-corrected chi connectivity index (χ0v) is 12.2. The Hall–Kier alpha value is -1.90. The molecule has 2 aromatic carbocycles. The first kappa shape index (κ1) is 14.5. The van der Waals surface area contributed by atoms with Crippen LogP contribution in [0, 0.1) is 17.1 Å². The van der Waals surface area contributed by atoms with Gasteiger partial charge in [-0.3, -0.25) is 0 Å². The van der Waals surface area contributed by atoms with Crippen molar-refractivity contribution in [2.75, 3.05) is 0 Å². The Labute approximate surface area is 124 Å². The predicted octanol–water partition coefficient (Wildman–Crippen LogP) is 4.31. The van der Waals surface area contributed by atoms with Crippen molar-refractivity contribution >= 4 is 15.9 Å². The lowest BCUT2D eigenvalue weighted by molar-refractivity contribution is 0.198. The molecule has 0 saturated heterocycles. The quantitative estimate of drug-likeness (QED) is 0.909. The summed E-state index contributed by atoms with van der Waals surface area (Å²) in [4.78, 5) is 0. The summed E-state index contributed by atoms with van der Waals surface area (Å²) < 4.78 is 19.8. The Bertz CT molecular complexity index is 680. The molecule has 1 atom stereocenters. The van der Waals surface area contributed by atoms with Gasteiger partial charge in [-0.05, 0) is 42.8 Å². The molecule has 3 nitrogen and oxygen atoms in total. The van der Waals surface area contributed by atoms with E-state index in [1.165, 1.54) is 12.1 Å². The van der Waals surface area contributed by atoms with Gasteiger partial charge in [0.1, 0.15) is 5.75 Å². The minimum Gasteiger partial charge on any atom is -0.454 e. The standard InChI is InChI=1S/C15H11BrFNO2/c1-9(19)12-4-3-11(7-13(12)16)20-15-5-2-10(8-18)6-14(15)17/h2-7,9,19H,1H3. The lowest BCUT2D eigenvalue weighted by Crippen LogP contribution is -1.94. The van der Waals surface area contributed by atoms with Crippen molar-refractivity contribution in [2.24, 2.45) is 0 Å². The van der Waals surface area contributed by atoms with Crippen molar-refractivity contribution < 1.29 is 14.2 Å². The Morgan fingerprint density at radius 2 is 2.05 bits per heavy atom. The normalized spacial score (nSPS) is 11.8. The maximum Gasteiger partial charge on any atom is 0.167 e. The molecule has 1 N–H and O–H groups in total. The molecule has 0 saturated carbocycles. The van der Waals surface area contributed by atoms with Crippen LogP contribution in [0.2, 0.25) is 0 Å². The van der Waals surface area contributed by atoms with Crippen molar-refractivity contribution in [3.8, 4) is 17.6 Å². The van der Waals surface area contributed by atoms with Crippen LogP contribution in [0.25, 0.3) is 0 Å². The predicted molar refractivity (Wildman–Crippen MR) is 76.0 cm³/mol. The second kappa shape index (κ2) is 6.04. The summed E-state index contributed by atoms with van der Waals surface area (Å²) in [5.74, 6) is -0.120. The molecule has 2 aromatic rings. The molecule has 20 heavy (non-hydrogen) atoms. The van der Waals surface area contributed by atoms with E-state index in [0.29, 0.717) is 10.2 Å². The molecule has 0 fully saturated rings. The van der Waals surface area contributed by atoms with Gasteiger partial charge in [0.15, 0.2) is 11.6 Å². The molecule has 0 aliphatic carbocycles. The number of nitriles is 1. The molecule has 102 valence electrons. The van der Waals surface area contributed by atoms with Crippen LogP contribution in [0.4, 0.5) is 4.39 Å². The molecular formula is C15H11BrFNO2. The fraction of sp³-hybridized carbons (Fsp3) is 0.133. The molecule has 0 aromatic heterocycles. The highest BCUT2D eigenvalue weighted by Gasteiger charge is 2.10. The molecule has 0 bridgehead atoms. The number of aliphatic hydroxyl groups is 1. The van der Waals surface area contributed by atoms with Gasteiger partial charge in [-0.15, -0.1) is 0 Å². The molecule has 0 aliphatic heterocycles. The largest absolute Gasteiger partial charge is 0.454 e. The second-order valence-electron chi connectivity index (χ2n) is 4.22. The van der Waals surface area contributed by atoms with Gasteiger partial charge in [-0.2, -0.15) is 5.26 Å². The summed E-state index contributed by atoms with van der Waals surface area (Å²) in [6.07, 6.45) is -0.606. The summed E-state index contributed by atoms with van der Waals surface area (Å²) in [5.41, 5.74) is 0.957. The first-order chi connectivity index (χ1) is 9.51. The van der Waals surface area contributed by atoms with Gasteiger partial charge >= 0.3 is 0 Å². The zero-order chi connectivity index (χ0) is 14.7. The van der Waals surface area contributed by atoms with Crippen molar-refractivity contribution in [3.63, 3.8) is 0 Å². The minimum absolute atomic E-state index is 0.0423. The number of aliphatic hydroxyl groups excluding tert-OH is 1. The summed E-state index contributed by atoms with van der Waals surface area (Å²) in [5, 5.41) is 18.2. The number of nitrogens with zero attached hydrogens (tertiary/aromatic N) is 1. The van der Waals surface area contributed by atoms with Crippen LogP contribution in [0.3, 0.4) is 0 Å². The van der Waals surface area contributed by atoms with Crippen molar-refractivity contribution in [2.45, 2.75) is 13.0 Å². The number of halogens is 2. The topological polar surface area (TPSA) is 53.2 Å². The van der Waals surface area contributed by atoms with Crippen LogP contribution in [0.5, 0.6) is 11.5 Å². The highest BCUT2D eigenvalue weighted by atomic mass is 79.9. The van der Waals surface area contributed by atoms with Crippen LogP contribution in [-0.2, 0) is 0 Å². The lowest BCUT2D eigenvalue weighted by Gasteiger charge is -2.11. The Morgan fingerprint density at radius 3 is 2.60 bits per heavy atom. The monoisotopic (exact) mass is 335 g/mol. The number of ether oxygens (including phenoxy) is 1. The Kier molecular flexibility index (Phi) is 4.38. The second-order valence-corrected chi connectivity index (χ2v) is 5.07. The minimum atomic E-state index is -0.606. The molecular weight excluding hydrogens is 325 g/mol. The SMILES string of the molecule is CC(O)c1ccc(Oc2ccc(C#N)cc2F)cc1Br. The first-order valence-corrected chi connectivity index (χ1v) is 6.65.